The van der Waals surface area contributed by atoms with Gasteiger partial charge in [0.1, 0.15) is 0 Å². The van der Waals surface area contributed by atoms with Gasteiger partial charge < -0.3 is 20.0 Å². The zero-order chi connectivity index (χ0) is 19.8. The van der Waals surface area contributed by atoms with E-state index in [1.165, 1.54) is 32.1 Å². The van der Waals surface area contributed by atoms with Crippen LogP contribution in [0.2, 0.25) is 0 Å². The summed E-state index contributed by atoms with van der Waals surface area (Å²) in [7, 11) is 0. The van der Waals surface area contributed by atoms with E-state index in [-0.39, 0.29) is 17.7 Å². The fraction of sp³-hybridized carbons (Fsp3) is 0.455. The first-order valence-electron chi connectivity index (χ1n) is 10.4. The third kappa shape index (κ3) is 3.62. The zero-order valence-corrected chi connectivity index (χ0v) is 16.3. The second kappa shape index (κ2) is 7.55. The number of nitrogens with one attached hydrogen (secondary N) is 2. The molecule has 3 saturated heterocycles. The van der Waals surface area contributed by atoms with Gasteiger partial charge in [0.05, 0.1) is 6.26 Å². The Morgan fingerprint density at radius 3 is 2.52 bits per heavy atom. The van der Waals surface area contributed by atoms with Crippen molar-refractivity contribution >= 4 is 23.3 Å². The van der Waals surface area contributed by atoms with E-state index in [1.54, 1.807) is 36.4 Å². The quantitative estimate of drug-likeness (QED) is 0.836. The number of carbonyl (C=O) groups is 2. The Bertz CT molecular complexity index is 880. The third-order valence-electron chi connectivity index (χ3n) is 6.55. The van der Waals surface area contributed by atoms with Gasteiger partial charge in [-0.25, -0.2) is 4.79 Å². The van der Waals surface area contributed by atoms with Crippen LogP contribution in [-0.2, 0) is 0 Å². The lowest BCUT2D eigenvalue weighted by molar-refractivity contribution is 0.0996. The first-order chi connectivity index (χ1) is 14.2. The molecule has 3 fully saturated rings. The number of rotatable bonds is 3. The van der Waals surface area contributed by atoms with E-state index >= 15 is 0 Å². The van der Waals surface area contributed by atoms with Crippen LogP contribution in [0.15, 0.2) is 47.1 Å². The maximum atomic E-state index is 12.7. The van der Waals surface area contributed by atoms with Crippen LogP contribution >= 0.6 is 0 Å². The maximum Gasteiger partial charge on any atom is 0.321 e. The van der Waals surface area contributed by atoms with Crippen molar-refractivity contribution in [1.82, 2.24) is 9.80 Å². The fourth-order valence-electron chi connectivity index (χ4n) is 5.16. The molecule has 1 aromatic carbocycles. The molecule has 0 aliphatic carbocycles. The van der Waals surface area contributed by atoms with Crippen molar-refractivity contribution < 1.29 is 14.0 Å². The predicted molar refractivity (Wildman–Crippen MR) is 110 cm³/mol. The molecule has 0 spiro atoms. The monoisotopic (exact) mass is 394 g/mol. The van der Waals surface area contributed by atoms with Crippen LogP contribution in [-0.4, -0.2) is 54.0 Å². The van der Waals surface area contributed by atoms with Gasteiger partial charge >= 0.3 is 6.03 Å². The highest BCUT2D eigenvalue weighted by Gasteiger charge is 2.48. The second-order valence-corrected chi connectivity index (χ2v) is 8.33. The standard InChI is InChI=1S/C22H26N4O3/c27-21(20-5-3-11-29-20)23-16-6-8-17(9-7-16)24-22(28)26-13-15-12-25-10-2-1-4-19(25)18(15)14-26/h3,5-9,11,15,18-19H,1-2,4,10,12-14H2,(H,23,27)(H,24,28)/t15-,18-,19-/m0/s1. The number of furan rings is 1. The number of carbonyl (C=O) groups excluding carboxylic acids is 2. The Morgan fingerprint density at radius 1 is 0.966 bits per heavy atom. The number of benzene rings is 1. The van der Waals surface area contributed by atoms with E-state index in [1.807, 2.05) is 4.90 Å². The Balaban J connectivity index is 1.16. The van der Waals surface area contributed by atoms with E-state index in [9.17, 15) is 9.59 Å². The summed E-state index contributed by atoms with van der Waals surface area (Å²) in [5.74, 6) is 1.20. The number of urea groups is 1. The minimum Gasteiger partial charge on any atom is -0.459 e. The lowest BCUT2D eigenvalue weighted by atomic mass is 9.90. The van der Waals surface area contributed by atoms with Gasteiger partial charge in [-0.15, -0.1) is 0 Å². The topological polar surface area (TPSA) is 77.8 Å². The molecular formula is C22H26N4O3. The van der Waals surface area contributed by atoms with Crippen LogP contribution in [0.5, 0.6) is 0 Å². The Kier molecular flexibility index (Phi) is 4.75. The van der Waals surface area contributed by atoms with Crippen molar-refractivity contribution in [2.75, 3.05) is 36.8 Å². The summed E-state index contributed by atoms with van der Waals surface area (Å²) in [6.45, 7) is 4.07. The molecule has 0 unspecified atom stereocenters. The highest BCUT2D eigenvalue weighted by atomic mass is 16.3. The molecule has 2 aromatic rings. The Hall–Kier alpha value is -2.80. The lowest BCUT2D eigenvalue weighted by Gasteiger charge is -2.33. The molecule has 7 heteroatoms. The van der Waals surface area contributed by atoms with E-state index in [0.717, 1.165) is 25.3 Å². The van der Waals surface area contributed by atoms with Crippen molar-refractivity contribution in [1.29, 1.82) is 0 Å². The van der Waals surface area contributed by atoms with Crippen LogP contribution < -0.4 is 10.6 Å². The van der Waals surface area contributed by atoms with Gasteiger partial charge in [0.2, 0.25) is 0 Å². The molecule has 152 valence electrons. The smallest absolute Gasteiger partial charge is 0.321 e. The van der Waals surface area contributed by atoms with Gasteiger partial charge in [-0.3, -0.25) is 9.69 Å². The lowest BCUT2D eigenvalue weighted by Crippen LogP contribution is -2.41. The van der Waals surface area contributed by atoms with E-state index in [4.69, 9.17) is 4.42 Å². The highest BCUT2D eigenvalue weighted by molar-refractivity contribution is 6.02. The number of likely N-dealkylation sites (tertiary alicyclic amines) is 1. The van der Waals surface area contributed by atoms with Crippen molar-refractivity contribution in [3.8, 4) is 0 Å². The summed E-state index contributed by atoms with van der Waals surface area (Å²) in [6.07, 6.45) is 5.38. The minimum absolute atomic E-state index is 0.0332. The summed E-state index contributed by atoms with van der Waals surface area (Å²) < 4.78 is 5.09. The van der Waals surface area contributed by atoms with Crippen molar-refractivity contribution in [3.63, 3.8) is 0 Å². The largest absolute Gasteiger partial charge is 0.459 e. The van der Waals surface area contributed by atoms with Gasteiger partial charge in [-0.2, -0.15) is 0 Å². The van der Waals surface area contributed by atoms with Crippen molar-refractivity contribution in [3.05, 3.63) is 48.4 Å². The Morgan fingerprint density at radius 2 is 1.76 bits per heavy atom. The maximum absolute atomic E-state index is 12.7. The highest BCUT2D eigenvalue weighted by Crippen LogP contribution is 2.40. The second-order valence-electron chi connectivity index (χ2n) is 8.33. The third-order valence-corrected chi connectivity index (χ3v) is 6.55. The molecule has 0 saturated carbocycles. The number of amides is 3. The molecule has 1 aromatic heterocycles. The van der Waals surface area contributed by atoms with Crippen LogP contribution in [0.1, 0.15) is 29.8 Å². The zero-order valence-electron chi connectivity index (χ0n) is 16.3. The summed E-state index contributed by atoms with van der Waals surface area (Å²) in [4.78, 5) is 29.4. The summed E-state index contributed by atoms with van der Waals surface area (Å²) in [5, 5.41) is 5.77. The summed E-state index contributed by atoms with van der Waals surface area (Å²) in [6, 6.07) is 11.1. The molecule has 3 amide bonds. The molecule has 0 bridgehead atoms. The average Bonchev–Trinajstić information content (AvgIpc) is 3.45. The molecule has 3 aliphatic rings. The normalized spacial score (nSPS) is 26.1. The number of fused-ring (bicyclic) bond motifs is 3. The number of hydrogen-bond acceptors (Lipinski definition) is 4. The number of anilines is 2. The molecular weight excluding hydrogens is 368 g/mol. The summed E-state index contributed by atoms with van der Waals surface area (Å²) in [5.41, 5.74) is 1.37. The molecule has 7 nitrogen and oxygen atoms in total. The van der Waals surface area contributed by atoms with Crippen LogP contribution in [0, 0.1) is 11.8 Å². The van der Waals surface area contributed by atoms with Gasteiger partial charge in [-0.05, 0) is 67.6 Å². The molecule has 3 aliphatic heterocycles. The summed E-state index contributed by atoms with van der Waals surface area (Å²) >= 11 is 0. The van der Waals surface area contributed by atoms with Crippen LogP contribution in [0.25, 0.3) is 0 Å². The molecule has 4 heterocycles. The van der Waals surface area contributed by atoms with E-state index < -0.39 is 0 Å². The van der Waals surface area contributed by atoms with Crippen LogP contribution in [0.3, 0.4) is 0 Å². The first kappa shape index (κ1) is 18.2. The molecule has 3 atom stereocenters. The fourth-order valence-corrected chi connectivity index (χ4v) is 5.16. The Labute approximate surface area is 170 Å². The molecule has 0 radical (unpaired) electrons. The van der Waals surface area contributed by atoms with Crippen molar-refractivity contribution in [2.24, 2.45) is 11.8 Å². The molecule has 5 rings (SSSR count). The average molecular weight is 394 g/mol. The SMILES string of the molecule is O=C(Nc1ccc(NC(=O)N2C[C@@H]3CN4CCCC[C@H]4[C@H]3C2)cc1)c1ccco1. The number of piperidine rings is 1. The van der Waals surface area contributed by atoms with Gasteiger partial charge in [0.25, 0.3) is 5.91 Å². The molecule has 2 N–H and O–H groups in total. The van der Waals surface area contributed by atoms with E-state index in [0.29, 0.717) is 23.6 Å². The van der Waals surface area contributed by atoms with Crippen LogP contribution in [0.4, 0.5) is 16.2 Å². The van der Waals surface area contributed by atoms with Crippen molar-refractivity contribution in [2.45, 2.75) is 25.3 Å². The predicted octanol–water partition coefficient (Wildman–Crippen LogP) is 3.48. The number of nitrogens with zero attached hydrogens (tertiary/aromatic N) is 2. The minimum atomic E-state index is -0.299. The molecule has 29 heavy (non-hydrogen) atoms. The first-order valence-corrected chi connectivity index (χ1v) is 10.4. The van der Waals surface area contributed by atoms with Gasteiger partial charge in [0.15, 0.2) is 5.76 Å². The van der Waals surface area contributed by atoms with E-state index in [2.05, 4.69) is 15.5 Å². The van der Waals surface area contributed by atoms with Gasteiger partial charge in [0, 0.05) is 37.1 Å². The van der Waals surface area contributed by atoms with Gasteiger partial charge in [-0.1, -0.05) is 6.42 Å². The number of hydrogen-bond donors (Lipinski definition) is 2.